The Labute approximate surface area is 118 Å². The molecule has 0 saturated heterocycles. The lowest BCUT2D eigenvalue weighted by Crippen LogP contribution is -2.37. The minimum atomic E-state index is -0.371. The average Bonchev–Trinajstić information content (AvgIpc) is 2.79. The molecule has 2 rings (SSSR count). The Hall–Kier alpha value is -1.95. The zero-order valence-electron chi connectivity index (χ0n) is 12.5. The number of ether oxygens (including phenoxy) is 1. The second kappa shape index (κ2) is 5.58. The van der Waals surface area contributed by atoms with E-state index in [-0.39, 0.29) is 18.1 Å². The van der Waals surface area contributed by atoms with E-state index in [4.69, 9.17) is 4.74 Å². The Morgan fingerprint density at radius 2 is 2.10 bits per heavy atom. The van der Waals surface area contributed by atoms with Gasteiger partial charge in [0, 0.05) is 29.6 Å². The van der Waals surface area contributed by atoms with Gasteiger partial charge in [-0.25, -0.2) is 9.50 Å². The molecule has 0 radical (unpaired) electrons. The molecule has 20 heavy (non-hydrogen) atoms. The van der Waals surface area contributed by atoms with Crippen LogP contribution >= 0.6 is 0 Å². The Balaban J connectivity index is 2.28. The number of rotatable bonds is 4. The van der Waals surface area contributed by atoms with E-state index in [1.165, 1.54) is 7.11 Å². The topological polar surface area (TPSA) is 68.5 Å². The van der Waals surface area contributed by atoms with Crippen molar-refractivity contribution in [1.29, 1.82) is 0 Å². The van der Waals surface area contributed by atoms with Gasteiger partial charge in [0.1, 0.15) is 6.04 Å². The number of carbonyl (C=O) groups excluding carboxylic acids is 1. The fourth-order valence-corrected chi connectivity index (χ4v) is 2.31. The van der Waals surface area contributed by atoms with Gasteiger partial charge in [0.25, 0.3) is 0 Å². The largest absolute Gasteiger partial charge is 0.468 e. The molecule has 2 heterocycles. The predicted octanol–water partition coefficient (Wildman–Crippen LogP) is 1.56. The molecule has 1 N–H and O–H groups in total. The summed E-state index contributed by atoms with van der Waals surface area (Å²) in [5.74, 6) is -0.279. The second-order valence-corrected chi connectivity index (χ2v) is 4.99. The van der Waals surface area contributed by atoms with E-state index >= 15 is 0 Å². The summed E-state index contributed by atoms with van der Waals surface area (Å²) in [6, 6.07) is 1.54. The maximum Gasteiger partial charge on any atom is 0.322 e. The van der Waals surface area contributed by atoms with Gasteiger partial charge in [-0.1, -0.05) is 0 Å². The highest BCUT2D eigenvalue weighted by Crippen LogP contribution is 2.18. The first-order valence-corrected chi connectivity index (χ1v) is 6.59. The van der Waals surface area contributed by atoms with Crippen LogP contribution in [0.1, 0.15) is 36.8 Å². The highest BCUT2D eigenvalue weighted by molar-refractivity contribution is 5.75. The standard InChI is InChI=1S/C14H20N4O2/c1-8-6-13-15-7-12(11(4)18(13)17-8)9(2)16-10(3)14(19)20-5/h6-7,9-10,16H,1-5H3. The lowest BCUT2D eigenvalue weighted by molar-refractivity contribution is -0.142. The molecule has 108 valence electrons. The Morgan fingerprint density at radius 3 is 2.75 bits per heavy atom. The van der Waals surface area contributed by atoms with Crippen molar-refractivity contribution >= 4 is 11.6 Å². The van der Waals surface area contributed by atoms with Crippen LogP contribution in [0.3, 0.4) is 0 Å². The van der Waals surface area contributed by atoms with Gasteiger partial charge in [0.2, 0.25) is 0 Å². The van der Waals surface area contributed by atoms with Crippen molar-refractivity contribution in [2.75, 3.05) is 7.11 Å². The lowest BCUT2D eigenvalue weighted by atomic mass is 10.1. The molecular weight excluding hydrogens is 256 g/mol. The Morgan fingerprint density at radius 1 is 1.40 bits per heavy atom. The highest BCUT2D eigenvalue weighted by Gasteiger charge is 2.19. The van der Waals surface area contributed by atoms with Gasteiger partial charge in [-0.05, 0) is 27.7 Å². The van der Waals surface area contributed by atoms with Gasteiger partial charge in [-0.2, -0.15) is 5.10 Å². The Kier molecular flexibility index (Phi) is 4.04. The molecule has 0 aliphatic heterocycles. The summed E-state index contributed by atoms with van der Waals surface area (Å²) < 4.78 is 6.54. The molecular formula is C14H20N4O2. The number of carbonyl (C=O) groups is 1. The quantitative estimate of drug-likeness (QED) is 0.858. The molecule has 2 atom stereocenters. The van der Waals surface area contributed by atoms with E-state index in [0.717, 1.165) is 22.6 Å². The van der Waals surface area contributed by atoms with Crippen LogP contribution in [0.4, 0.5) is 0 Å². The number of fused-ring (bicyclic) bond motifs is 1. The molecule has 0 spiro atoms. The number of hydrogen-bond donors (Lipinski definition) is 1. The number of aryl methyl sites for hydroxylation is 2. The van der Waals surface area contributed by atoms with Gasteiger partial charge in [-0.15, -0.1) is 0 Å². The van der Waals surface area contributed by atoms with Crippen molar-refractivity contribution in [3.8, 4) is 0 Å². The van der Waals surface area contributed by atoms with Crippen molar-refractivity contribution in [1.82, 2.24) is 19.9 Å². The smallest absolute Gasteiger partial charge is 0.322 e. The van der Waals surface area contributed by atoms with Crippen LogP contribution in [0.2, 0.25) is 0 Å². The SMILES string of the molecule is COC(=O)C(C)NC(C)c1cnc2cc(C)nn2c1C. The van der Waals surface area contributed by atoms with E-state index in [9.17, 15) is 4.79 Å². The zero-order chi connectivity index (χ0) is 14.9. The summed E-state index contributed by atoms with van der Waals surface area (Å²) >= 11 is 0. The van der Waals surface area contributed by atoms with Gasteiger partial charge in [-0.3, -0.25) is 10.1 Å². The normalized spacial score (nSPS) is 14.2. The molecule has 2 unspecified atom stereocenters. The number of aromatic nitrogens is 3. The van der Waals surface area contributed by atoms with Crippen molar-refractivity contribution < 1.29 is 9.53 Å². The second-order valence-electron chi connectivity index (χ2n) is 4.99. The first kappa shape index (κ1) is 14.5. The van der Waals surface area contributed by atoms with Gasteiger partial charge >= 0.3 is 5.97 Å². The number of esters is 1. The van der Waals surface area contributed by atoms with Crippen molar-refractivity contribution in [2.45, 2.75) is 39.8 Å². The third-order valence-corrected chi connectivity index (χ3v) is 3.41. The zero-order valence-corrected chi connectivity index (χ0v) is 12.5. The van der Waals surface area contributed by atoms with Crippen molar-refractivity contribution in [3.05, 3.63) is 29.2 Å². The molecule has 6 nitrogen and oxygen atoms in total. The molecule has 0 saturated carbocycles. The molecule has 0 aromatic carbocycles. The third-order valence-electron chi connectivity index (χ3n) is 3.41. The maximum atomic E-state index is 11.5. The van der Waals surface area contributed by atoms with E-state index < -0.39 is 0 Å². The van der Waals surface area contributed by atoms with Crippen molar-refractivity contribution in [2.24, 2.45) is 0 Å². The first-order chi connectivity index (χ1) is 9.43. The van der Waals surface area contributed by atoms with Crippen LogP contribution in [-0.4, -0.2) is 33.7 Å². The maximum absolute atomic E-state index is 11.5. The van der Waals surface area contributed by atoms with Gasteiger partial charge < -0.3 is 4.74 Å². The van der Waals surface area contributed by atoms with Crippen LogP contribution in [0.5, 0.6) is 0 Å². The predicted molar refractivity (Wildman–Crippen MR) is 75.5 cm³/mol. The summed E-state index contributed by atoms with van der Waals surface area (Å²) in [5, 5.41) is 7.62. The molecule has 0 fully saturated rings. The summed E-state index contributed by atoms with van der Waals surface area (Å²) in [5.41, 5.74) is 3.79. The molecule has 0 bridgehead atoms. The number of methoxy groups -OCH3 is 1. The van der Waals surface area contributed by atoms with Crippen LogP contribution in [0.25, 0.3) is 5.65 Å². The number of nitrogens with zero attached hydrogens (tertiary/aromatic N) is 3. The summed E-state index contributed by atoms with van der Waals surface area (Å²) in [7, 11) is 1.39. The van der Waals surface area contributed by atoms with Crippen LogP contribution in [0.15, 0.2) is 12.3 Å². The Bertz CT molecular complexity index is 635. The number of nitrogens with one attached hydrogen (secondary N) is 1. The van der Waals surface area contributed by atoms with Crippen LogP contribution in [-0.2, 0) is 9.53 Å². The molecule has 2 aromatic heterocycles. The van der Waals surface area contributed by atoms with Gasteiger partial charge in [0.15, 0.2) is 5.65 Å². The summed E-state index contributed by atoms with van der Waals surface area (Å²) in [6.07, 6.45) is 1.83. The fourth-order valence-electron chi connectivity index (χ4n) is 2.31. The van der Waals surface area contributed by atoms with Crippen LogP contribution in [0, 0.1) is 13.8 Å². The number of hydrogen-bond acceptors (Lipinski definition) is 5. The minimum Gasteiger partial charge on any atom is -0.468 e. The summed E-state index contributed by atoms with van der Waals surface area (Å²) in [4.78, 5) is 15.9. The van der Waals surface area contributed by atoms with E-state index in [1.807, 2.05) is 37.5 Å². The lowest BCUT2D eigenvalue weighted by Gasteiger charge is -2.20. The first-order valence-electron chi connectivity index (χ1n) is 6.59. The highest BCUT2D eigenvalue weighted by atomic mass is 16.5. The molecule has 6 heteroatoms. The van der Waals surface area contributed by atoms with E-state index in [1.54, 1.807) is 6.92 Å². The molecule has 0 amide bonds. The molecule has 2 aromatic rings. The molecule has 0 aliphatic rings. The van der Waals surface area contributed by atoms with E-state index in [2.05, 4.69) is 15.4 Å². The van der Waals surface area contributed by atoms with Crippen molar-refractivity contribution in [3.63, 3.8) is 0 Å². The fraction of sp³-hybridized carbons (Fsp3) is 0.500. The van der Waals surface area contributed by atoms with E-state index in [0.29, 0.717) is 0 Å². The third kappa shape index (κ3) is 2.65. The van der Waals surface area contributed by atoms with Crippen LogP contribution < -0.4 is 5.32 Å². The summed E-state index contributed by atoms with van der Waals surface area (Å²) in [6.45, 7) is 7.71. The minimum absolute atomic E-state index is 0.0227. The monoisotopic (exact) mass is 276 g/mol. The average molecular weight is 276 g/mol. The molecule has 0 aliphatic carbocycles. The van der Waals surface area contributed by atoms with Gasteiger partial charge in [0.05, 0.1) is 12.8 Å².